The number of carbonyl (C=O) groups excluding carboxylic acids is 1. The fraction of sp³-hybridized carbons (Fsp3) is 0.364. The van der Waals surface area contributed by atoms with Crippen LogP contribution in [0.1, 0.15) is 29.0 Å². The van der Waals surface area contributed by atoms with Crippen LogP contribution in [0, 0.1) is 6.92 Å². The summed E-state index contributed by atoms with van der Waals surface area (Å²) in [6.45, 7) is 2.10. The molecule has 0 amide bonds. The topological polar surface area (TPSA) is 17.1 Å². The van der Waals surface area contributed by atoms with Gasteiger partial charge in [-0.25, -0.2) is 0 Å². The van der Waals surface area contributed by atoms with Gasteiger partial charge in [0.1, 0.15) is 0 Å². The lowest BCUT2D eigenvalue weighted by Gasteiger charge is -2.09. The third-order valence-corrected chi connectivity index (χ3v) is 3.34. The van der Waals surface area contributed by atoms with Gasteiger partial charge in [-0.15, -0.1) is 11.3 Å². The highest BCUT2D eigenvalue weighted by molar-refractivity contribution is 7.13. The van der Waals surface area contributed by atoms with Crippen molar-refractivity contribution < 1.29 is 4.79 Å². The zero-order valence-electron chi connectivity index (χ0n) is 7.67. The molecule has 13 heavy (non-hydrogen) atoms. The molecule has 1 aliphatic carbocycles. The van der Waals surface area contributed by atoms with Crippen molar-refractivity contribution in [2.75, 3.05) is 0 Å². The minimum Gasteiger partial charge on any atom is -0.295 e. The van der Waals surface area contributed by atoms with E-state index >= 15 is 0 Å². The average Bonchev–Trinajstić information content (AvgIpc) is 2.52. The molecule has 1 aromatic rings. The molecule has 0 aliphatic heterocycles. The first-order valence-electron chi connectivity index (χ1n) is 4.56. The quantitative estimate of drug-likeness (QED) is 0.667. The Kier molecular flexibility index (Phi) is 2.32. The van der Waals surface area contributed by atoms with Crippen molar-refractivity contribution in [1.29, 1.82) is 0 Å². The molecule has 0 spiro atoms. The van der Waals surface area contributed by atoms with E-state index in [0.29, 0.717) is 0 Å². The van der Waals surface area contributed by atoms with Gasteiger partial charge < -0.3 is 0 Å². The summed E-state index contributed by atoms with van der Waals surface area (Å²) in [6, 6.07) is 4.23. The van der Waals surface area contributed by atoms with Crippen LogP contribution >= 0.6 is 11.3 Å². The zero-order chi connectivity index (χ0) is 9.26. The molecular formula is C11H12OS. The van der Waals surface area contributed by atoms with Crippen molar-refractivity contribution in [3.05, 3.63) is 28.0 Å². The van der Waals surface area contributed by atoms with Gasteiger partial charge in [-0.2, -0.15) is 0 Å². The first-order chi connectivity index (χ1) is 6.25. The monoisotopic (exact) mass is 192 g/mol. The van der Waals surface area contributed by atoms with Gasteiger partial charge in [-0.05, 0) is 43.5 Å². The predicted octanol–water partition coefficient (Wildman–Crippen LogP) is 3.19. The second-order valence-corrected chi connectivity index (χ2v) is 4.69. The van der Waals surface area contributed by atoms with Crippen LogP contribution in [-0.4, -0.2) is 5.78 Å². The van der Waals surface area contributed by atoms with E-state index in [4.69, 9.17) is 0 Å². The third kappa shape index (κ3) is 1.89. The lowest BCUT2D eigenvalue weighted by molar-refractivity contribution is -0.114. The molecule has 0 bridgehead atoms. The summed E-state index contributed by atoms with van der Waals surface area (Å²) in [5.74, 6) is 0.285. The van der Waals surface area contributed by atoms with Crippen LogP contribution in [0.25, 0.3) is 5.57 Å². The molecule has 1 nitrogen and oxygen atoms in total. The van der Waals surface area contributed by atoms with E-state index in [0.717, 1.165) is 19.3 Å². The van der Waals surface area contributed by atoms with Gasteiger partial charge in [0.25, 0.3) is 0 Å². The Morgan fingerprint density at radius 1 is 1.31 bits per heavy atom. The lowest BCUT2D eigenvalue weighted by Crippen LogP contribution is -2.00. The average molecular weight is 192 g/mol. The van der Waals surface area contributed by atoms with Gasteiger partial charge in [0.05, 0.1) is 0 Å². The van der Waals surface area contributed by atoms with E-state index in [1.807, 2.05) is 6.08 Å². The van der Waals surface area contributed by atoms with E-state index in [2.05, 4.69) is 19.1 Å². The molecule has 0 atom stereocenters. The third-order valence-electron chi connectivity index (χ3n) is 2.26. The fourth-order valence-electron chi connectivity index (χ4n) is 1.59. The number of rotatable bonds is 1. The largest absolute Gasteiger partial charge is 0.295 e. The van der Waals surface area contributed by atoms with Gasteiger partial charge in [-0.3, -0.25) is 4.79 Å². The van der Waals surface area contributed by atoms with E-state index in [-0.39, 0.29) is 5.78 Å². The van der Waals surface area contributed by atoms with Crippen molar-refractivity contribution in [2.24, 2.45) is 0 Å². The normalized spacial score (nSPS) is 17.3. The molecular weight excluding hydrogens is 180 g/mol. The molecule has 1 heterocycles. The number of allylic oxidation sites excluding steroid dienone is 2. The van der Waals surface area contributed by atoms with Crippen LogP contribution in [0.15, 0.2) is 18.2 Å². The summed E-state index contributed by atoms with van der Waals surface area (Å²) in [4.78, 5) is 13.8. The molecule has 0 saturated heterocycles. The maximum absolute atomic E-state index is 11.2. The van der Waals surface area contributed by atoms with Gasteiger partial charge in [0, 0.05) is 16.2 Å². The molecule has 2 heteroatoms. The number of thiophene rings is 1. The highest BCUT2D eigenvalue weighted by Crippen LogP contribution is 2.30. The Morgan fingerprint density at radius 3 is 2.77 bits per heavy atom. The number of hydrogen-bond donors (Lipinski definition) is 0. The first-order valence-corrected chi connectivity index (χ1v) is 5.37. The number of hydrogen-bond acceptors (Lipinski definition) is 2. The van der Waals surface area contributed by atoms with Gasteiger partial charge >= 0.3 is 0 Å². The van der Waals surface area contributed by atoms with Crippen LogP contribution in [0.3, 0.4) is 0 Å². The number of carbonyl (C=O) groups is 1. The second-order valence-electron chi connectivity index (χ2n) is 3.40. The van der Waals surface area contributed by atoms with Crippen molar-refractivity contribution in [3.63, 3.8) is 0 Å². The second kappa shape index (κ2) is 3.46. The van der Waals surface area contributed by atoms with Crippen molar-refractivity contribution in [2.45, 2.75) is 26.2 Å². The summed E-state index contributed by atoms with van der Waals surface area (Å²) < 4.78 is 0. The summed E-state index contributed by atoms with van der Waals surface area (Å²) >= 11 is 1.78. The molecule has 0 fully saturated rings. The molecule has 1 aliphatic rings. The minimum atomic E-state index is 0.285. The van der Waals surface area contributed by atoms with Crippen LogP contribution in [-0.2, 0) is 4.79 Å². The zero-order valence-corrected chi connectivity index (χ0v) is 8.49. The van der Waals surface area contributed by atoms with E-state index in [9.17, 15) is 4.79 Å². The molecule has 1 aromatic heterocycles. The van der Waals surface area contributed by atoms with E-state index in [1.165, 1.54) is 15.3 Å². The molecule has 0 radical (unpaired) electrons. The highest BCUT2D eigenvalue weighted by atomic mass is 32.1. The molecule has 0 N–H and O–H groups in total. The Balaban J connectivity index is 2.30. The summed E-state index contributed by atoms with van der Waals surface area (Å²) in [7, 11) is 0. The van der Waals surface area contributed by atoms with Crippen LogP contribution < -0.4 is 0 Å². The lowest BCUT2D eigenvalue weighted by atomic mass is 9.98. The van der Waals surface area contributed by atoms with Crippen LogP contribution in [0.4, 0.5) is 0 Å². The highest BCUT2D eigenvalue weighted by Gasteiger charge is 2.12. The first kappa shape index (κ1) is 8.70. The van der Waals surface area contributed by atoms with Gasteiger partial charge in [0.2, 0.25) is 0 Å². The molecule has 68 valence electrons. The van der Waals surface area contributed by atoms with Crippen molar-refractivity contribution in [1.82, 2.24) is 0 Å². The Hall–Kier alpha value is -0.890. The summed E-state index contributed by atoms with van der Waals surface area (Å²) in [6.07, 6.45) is 4.62. The maximum atomic E-state index is 11.2. The summed E-state index contributed by atoms with van der Waals surface area (Å²) in [5.41, 5.74) is 1.23. The van der Waals surface area contributed by atoms with E-state index in [1.54, 1.807) is 11.3 Å². The number of ketones is 1. The van der Waals surface area contributed by atoms with E-state index < -0.39 is 0 Å². The molecule has 0 aromatic carbocycles. The molecule has 0 unspecified atom stereocenters. The Labute approximate surface area is 82.1 Å². The van der Waals surface area contributed by atoms with Crippen molar-refractivity contribution >= 4 is 22.7 Å². The Bertz CT molecular complexity index is 360. The number of aryl methyl sites for hydroxylation is 1. The summed E-state index contributed by atoms with van der Waals surface area (Å²) in [5, 5.41) is 0. The van der Waals surface area contributed by atoms with Crippen LogP contribution in [0.2, 0.25) is 0 Å². The smallest absolute Gasteiger partial charge is 0.156 e. The maximum Gasteiger partial charge on any atom is 0.156 e. The fourth-order valence-corrected chi connectivity index (χ4v) is 2.50. The Morgan fingerprint density at radius 2 is 2.15 bits per heavy atom. The molecule has 2 rings (SSSR count). The molecule has 0 saturated carbocycles. The van der Waals surface area contributed by atoms with Crippen LogP contribution in [0.5, 0.6) is 0 Å². The predicted molar refractivity (Wildman–Crippen MR) is 55.9 cm³/mol. The standard InChI is InChI=1S/C11H12OS/c1-8-5-6-11(13-8)9-3-2-4-10(12)7-9/h5-7H,2-4H2,1H3. The van der Waals surface area contributed by atoms with Crippen molar-refractivity contribution in [3.8, 4) is 0 Å². The SMILES string of the molecule is Cc1ccc(C2=CC(=O)CCC2)s1. The van der Waals surface area contributed by atoms with Gasteiger partial charge in [0.15, 0.2) is 5.78 Å². The minimum absolute atomic E-state index is 0.285. The van der Waals surface area contributed by atoms with Gasteiger partial charge in [-0.1, -0.05) is 0 Å².